The van der Waals surface area contributed by atoms with Gasteiger partial charge in [-0.15, -0.1) is 0 Å². The van der Waals surface area contributed by atoms with Crippen LogP contribution in [0.25, 0.3) is 0 Å². The zero-order chi connectivity index (χ0) is 13.9. The SMILES string of the molecule is C=CN1CC(CCC)C(C(=O)OC(C)(C)C)C1=O. The topological polar surface area (TPSA) is 46.6 Å². The molecule has 18 heavy (non-hydrogen) atoms. The fourth-order valence-corrected chi connectivity index (χ4v) is 2.28. The number of hydrogen-bond acceptors (Lipinski definition) is 3. The highest BCUT2D eigenvalue weighted by Gasteiger charge is 2.45. The molecule has 4 nitrogen and oxygen atoms in total. The van der Waals surface area contributed by atoms with Gasteiger partial charge in [0.15, 0.2) is 0 Å². The van der Waals surface area contributed by atoms with E-state index >= 15 is 0 Å². The summed E-state index contributed by atoms with van der Waals surface area (Å²) >= 11 is 0. The van der Waals surface area contributed by atoms with Gasteiger partial charge in [0.1, 0.15) is 11.5 Å². The van der Waals surface area contributed by atoms with Gasteiger partial charge < -0.3 is 9.64 Å². The molecule has 0 saturated carbocycles. The van der Waals surface area contributed by atoms with E-state index in [0.29, 0.717) is 6.54 Å². The third-order valence-corrected chi connectivity index (χ3v) is 2.99. The van der Waals surface area contributed by atoms with Gasteiger partial charge in [0.05, 0.1) is 0 Å². The van der Waals surface area contributed by atoms with Crippen molar-refractivity contribution in [3.63, 3.8) is 0 Å². The van der Waals surface area contributed by atoms with Crippen molar-refractivity contribution in [1.29, 1.82) is 0 Å². The van der Waals surface area contributed by atoms with Gasteiger partial charge in [-0.05, 0) is 39.3 Å². The zero-order valence-corrected chi connectivity index (χ0v) is 11.7. The van der Waals surface area contributed by atoms with Gasteiger partial charge in [-0.1, -0.05) is 19.9 Å². The Morgan fingerprint density at radius 1 is 1.56 bits per heavy atom. The molecule has 1 aliphatic heterocycles. The lowest BCUT2D eigenvalue weighted by Gasteiger charge is -2.23. The van der Waals surface area contributed by atoms with Crippen LogP contribution in [0, 0.1) is 11.8 Å². The number of ether oxygens (including phenoxy) is 1. The highest BCUT2D eigenvalue weighted by molar-refractivity contribution is 6.00. The zero-order valence-electron chi connectivity index (χ0n) is 11.7. The van der Waals surface area contributed by atoms with E-state index in [4.69, 9.17) is 4.74 Å². The number of likely N-dealkylation sites (tertiary alicyclic amines) is 1. The maximum absolute atomic E-state index is 12.1. The molecule has 2 unspecified atom stereocenters. The van der Waals surface area contributed by atoms with E-state index in [1.807, 2.05) is 27.7 Å². The number of nitrogens with zero attached hydrogens (tertiary/aromatic N) is 1. The van der Waals surface area contributed by atoms with Gasteiger partial charge >= 0.3 is 5.97 Å². The van der Waals surface area contributed by atoms with E-state index in [-0.39, 0.29) is 11.8 Å². The van der Waals surface area contributed by atoms with Crippen LogP contribution in [0.5, 0.6) is 0 Å². The molecular formula is C14H23NO3. The van der Waals surface area contributed by atoms with Crippen LogP contribution in [0.4, 0.5) is 0 Å². The molecule has 1 fully saturated rings. The molecule has 0 N–H and O–H groups in total. The smallest absolute Gasteiger partial charge is 0.319 e. The Labute approximate surface area is 109 Å². The van der Waals surface area contributed by atoms with E-state index < -0.39 is 17.5 Å². The van der Waals surface area contributed by atoms with Gasteiger partial charge in [0, 0.05) is 6.54 Å². The summed E-state index contributed by atoms with van der Waals surface area (Å²) in [6.07, 6.45) is 3.29. The minimum absolute atomic E-state index is 0.0374. The summed E-state index contributed by atoms with van der Waals surface area (Å²) in [7, 11) is 0. The summed E-state index contributed by atoms with van der Waals surface area (Å²) < 4.78 is 5.34. The van der Waals surface area contributed by atoms with Crippen molar-refractivity contribution >= 4 is 11.9 Å². The van der Waals surface area contributed by atoms with Crippen LogP contribution < -0.4 is 0 Å². The predicted molar refractivity (Wildman–Crippen MR) is 69.6 cm³/mol. The monoisotopic (exact) mass is 253 g/mol. The Bertz CT molecular complexity index is 343. The van der Waals surface area contributed by atoms with Crippen LogP contribution in [0.2, 0.25) is 0 Å². The maximum atomic E-state index is 12.1. The Kier molecular flexibility index (Phi) is 4.54. The van der Waals surface area contributed by atoms with Crippen LogP contribution in [-0.2, 0) is 14.3 Å². The molecule has 4 heteroatoms. The molecule has 0 spiro atoms. The first-order chi connectivity index (χ1) is 8.30. The van der Waals surface area contributed by atoms with Gasteiger partial charge in [-0.25, -0.2) is 0 Å². The fourth-order valence-electron chi connectivity index (χ4n) is 2.28. The molecule has 1 heterocycles. The summed E-state index contributed by atoms with van der Waals surface area (Å²) in [6, 6.07) is 0. The van der Waals surface area contributed by atoms with Crippen molar-refractivity contribution in [3.05, 3.63) is 12.8 Å². The van der Waals surface area contributed by atoms with Crippen LogP contribution in [0.15, 0.2) is 12.8 Å². The van der Waals surface area contributed by atoms with E-state index in [1.165, 1.54) is 11.1 Å². The number of rotatable bonds is 4. The molecule has 0 aromatic rings. The van der Waals surface area contributed by atoms with Gasteiger partial charge in [-0.3, -0.25) is 9.59 Å². The fraction of sp³-hybridized carbons (Fsp3) is 0.714. The molecule has 1 aliphatic rings. The lowest BCUT2D eigenvalue weighted by atomic mass is 9.91. The quantitative estimate of drug-likeness (QED) is 0.570. The average Bonchev–Trinajstić information content (AvgIpc) is 2.53. The van der Waals surface area contributed by atoms with Gasteiger partial charge in [0.2, 0.25) is 5.91 Å². The summed E-state index contributed by atoms with van der Waals surface area (Å²) in [5, 5.41) is 0. The van der Waals surface area contributed by atoms with Crippen LogP contribution in [0.3, 0.4) is 0 Å². The first-order valence-electron chi connectivity index (χ1n) is 6.46. The molecule has 2 atom stereocenters. The lowest BCUT2D eigenvalue weighted by Crippen LogP contribution is -2.35. The van der Waals surface area contributed by atoms with Crippen molar-refractivity contribution in [2.24, 2.45) is 11.8 Å². The number of amides is 1. The highest BCUT2D eigenvalue weighted by Crippen LogP contribution is 2.30. The molecule has 0 radical (unpaired) electrons. The third-order valence-electron chi connectivity index (χ3n) is 2.99. The standard InChI is InChI=1S/C14H23NO3/c1-6-8-10-9-15(7-2)12(16)11(10)13(17)18-14(3,4)5/h7,10-11H,2,6,8-9H2,1,3-5H3. The molecule has 0 aliphatic carbocycles. The van der Waals surface area contributed by atoms with E-state index in [0.717, 1.165) is 12.8 Å². The second kappa shape index (κ2) is 5.55. The second-order valence-electron chi connectivity index (χ2n) is 5.73. The summed E-state index contributed by atoms with van der Waals surface area (Å²) in [5.74, 6) is -1.22. The summed E-state index contributed by atoms with van der Waals surface area (Å²) in [4.78, 5) is 25.7. The Morgan fingerprint density at radius 2 is 2.17 bits per heavy atom. The molecular weight excluding hydrogens is 230 g/mol. The Balaban J connectivity index is 2.84. The Hall–Kier alpha value is -1.32. The average molecular weight is 253 g/mol. The lowest BCUT2D eigenvalue weighted by molar-refractivity contribution is -0.163. The first-order valence-corrected chi connectivity index (χ1v) is 6.46. The van der Waals surface area contributed by atoms with Crippen molar-refractivity contribution in [3.8, 4) is 0 Å². The van der Waals surface area contributed by atoms with Crippen molar-refractivity contribution in [1.82, 2.24) is 4.90 Å². The van der Waals surface area contributed by atoms with E-state index in [1.54, 1.807) is 0 Å². The summed E-state index contributed by atoms with van der Waals surface area (Å²) in [5.41, 5.74) is -0.560. The maximum Gasteiger partial charge on any atom is 0.319 e. The normalized spacial score (nSPS) is 24.2. The number of hydrogen-bond donors (Lipinski definition) is 0. The molecule has 0 aromatic heterocycles. The van der Waals surface area contributed by atoms with Crippen molar-refractivity contribution in [2.75, 3.05) is 6.54 Å². The highest BCUT2D eigenvalue weighted by atomic mass is 16.6. The second-order valence-corrected chi connectivity index (χ2v) is 5.73. The number of esters is 1. The molecule has 1 amide bonds. The van der Waals surface area contributed by atoms with Gasteiger partial charge in [0.25, 0.3) is 0 Å². The summed E-state index contributed by atoms with van der Waals surface area (Å²) in [6.45, 7) is 11.7. The molecule has 0 aromatic carbocycles. The molecule has 1 rings (SSSR count). The minimum Gasteiger partial charge on any atom is -0.459 e. The first kappa shape index (κ1) is 14.7. The van der Waals surface area contributed by atoms with Crippen molar-refractivity contribution < 1.29 is 14.3 Å². The molecule has 1 saturated heterocycles. The van der Waals surface area contributed by atoms with Gasteiger partial charge in [-0.2, -0.15) is 0 Å². The van der Waals surface area contributed by atoms with Crippen LogP contribution >= 0.6 is 0 Å². The Morgan fingerprint density at radius 3 is 2.61 bits per heavy atom. The third kappa shape index (κ3) is 3.34. The number of carbonyl (C=O) groups is 2. The van der Waals surface area contributed by atoms with E-state index in [9.17, 15) is 9.59 Å². The largest absolute Gasteiger partial charge is 0.459 e. The van der Waals surface area contributed by atoms with E-state index in [2.05, 4.69) is 6.58 Å². The number of carbonyl (C=O) groups excluding carboxylic acids is 2. The molecule has 0 bridgehead atoms. The van der Waals surface area contributed by atoms with Crippen molar-refractivity contribution in [2.45, 2.75) is 46.1 Å². The van der Waals surface area contributed by atoms with Crippen LogP contribution in [0.1, 0.15) is 40.5 Å². The minimum atomic E-state index is -0.665. The van der Waals surface area contributed by atoms with Crippen LogP contribution in [-0.4, -0.2) is 28.9 Å². The molecule has 102 valence electrons. The predicted octanol–water partition coefficient (Wildman–Crippen LogP) is 2.35.